The fraction of sp³-hybridized carbons (Fsp3) is 0.0667. The van der Waals surface area contributed by atoms with E-state index in [1.807, 2.05) is 12.1 Å². The van der Waals surface area contributed by atoms with E-state index in [1.54, 1.807) is 24.3 Å². The van der Waals surface area contributed by atoms with Crippen molar-refractivity contribution in [1.29, 1.82) is 31.6 Å². The molecule has 0 fully saturated rings. The van der Waals surface area contributed by atoms with Crippen molar-refractivity contribution < 1.29 is 35.8 Å². The molecule has 0 amide bonds. The molecule has 8 nitrogen and oxygen atoms in total. The zero-order chi connectivity index (χ0) is 32.4. The molecule has 0 N–H and O–H groups in total. The summed E-state index contributed by atoms with van der Waals surface area (Å²) in [6, 6.07) is 18.5. The van der Waals surface area contributed by atoms with Gasteiger partial charge in [0, 0.05) is 33.4 Å². The monoisotopic (exact) mass is 598 g/mol. The van der Waals surface area contributed by atoms with Crippen LogP contribution < -0.4 is 9.47 Å². The molecule has 2 aromatic carbocycles. The van der Waals surface area contributed by atoms with Crippen LogP contribution in [0.2, 0.25) is 0 Å². The standard InChI is InChI=1S/C30H8F6N6O2/c31-29(32,33)43-19-5-1-15(2-6-19)23-21(13-41)27-26(18(11-39)12-40)24(16-3-7-20(8-4-16)44-30(34,35)36)22(14-42)28(27)25(23)17(9-37)10-38/h1-8H. The van der Waals surface area contributed by atoms with Gasteiger partial charge in [0.15, 0.2) is 0 Å². The van der Waals surface area contributed by atoms with Gasteiger partial charge in [0.1, 0.15) is 59.1 Å². The van der Waals surface area contributed by atoms with Gasteiger partial charge in [-0.1, -0.05) is 24.3 Å². The third-order valence-corrected chi connectivity index (χ3v) is 6.17. The van der Waals surface area contributed by atoms with Gasteiger partial charge in [0.2, 0.25) is 0 Å². The van der Waals surface area contributed by atoms with Crippen LogP contribution in [-0.2, 0) is 0 Å². The minimum Gasteiger partial charge on any atom is -0.406 e. The molecular formula is C30H8F6N6O2. The first-order valence-corrected chi connectivity index (χ1v) is 11.7. The van der Waals surface area contributed by atoms with Crippen molar-refractivity contribution in [1.82, 2.24) is 0 Å². The molecule has 2 aliphatic rings. The normalized spacial score (nSPS) is 14.1. The summed E-state index contributed by atoms with van der Waals surface area (Å²) in [5.74, 6) is -1.25. The first-order chi connectivity index (χ1) is 20.8. The molecule has 4 rings (SSSR count). The molecule has 0 aliphatic heterocycles. The number of benzene rings is 2. The lowest BCUT2D eigenvalue weighted by Crippen LogP contribution is -2.17. The largest absolute Gasteiger partial charge is 0.573 e. The van der Waals surface area contributed by atoms with E-state index in [-0.39, 0.29) is 55.7 Å². The van der Waals surface area contributed by atoms with Gasteiger partial charge in [-0.2, -0.15) is 31.6 Å². The third-order valence-electron chi connectivity index (χ3n) is 6.17. The number of rotatable bonds is 4. The van der Waals surface area contributed by atoms with Gasteiger partial charge < -0.3 is 9.47 Å². The average molecular weight is 598 g/mol. The zero-order valence-corrected chi connectivity index (χ0v) is 21.4. The van der Waals surface area contributed by atoms with E-state index in [1.165, 1.54) is 0 Å². The lowest BCUT2D eigenvalue weighted by atomic mass is 9.85. The number of ether oxygens (including phenoxy) is 2. The van der Waals surface area contributed by atoms with Crippen LogP contribution in [0.3, 0.4) is 0 Å². The van der Waals surface area contributed by atoms with Gasteiger partial charge in [-0.3, -0.25) is 0 Å². The molecule has 44 heavy (non-hydrogen) atoms. The Morgan fingerprint density at radius 1 is 0.477 bits per heavy atom. The Hall–Kier alpha value is -6.74. The van der Waals surface area contributed by atoms with Gasteiger partial charge in [-0.15, -0.1) is 26.3 Å². The second-order valence-corrected chi connectivity index (χ2v) is 8.57. The van der Waals surface area contributed by atoms with Crippen molar-refractivity contribution in [3.8, 4) is 47.9 Å². The van der Waals surface area contributed by atoms with Crippen molar-refractivity contribution in [3.63, 3.8) is 0 Å². The maximum atomic E-state index is 12.7. The highest BCUT2D eigenvalue weighted by Gasteiger charge is 2.44. The number of halogens is 6. The van der Waals surface area contributed by atoms with Crippen LogP contribution in [-0.4, -0.2) is 12.7 Å². The first-order valence-electron chi connectivity index (χ1n) is 11.7. The summed E-state index contributed by atoms with van der Waals surface area (Å²) in [6.45, 7) is 0. The second-order valence-electron chi connectivity index (χ2n) is 8.57. The highest BCUT2D eigenvalue weighted by molar-refractivity contribution is 6.11. The van der Waals surface area contributed by atoms with Gasteiger partial charge in [0.25, 0.3) is 0 Å². The van der Waals surface area contributed by atoms with Crippen LogP contribution >= 0.6 is 0 Å². The molecule has 0 atom stereocenters. The molecule has 0 spiro atoms. The summed E-state index contributed by atoms with van der Waals surface area (Å²) >= 11 is 0. The highest BCUT2D eigenvalue weighted by Crippen LogP contribution is 2.57. The summed E-state index contributed by atoms with van der Waals surface area (Å²) in [4.78, 5) is 0. The number of nitriles is 6. The molecule has 0 saturated heterocycles. The van der Waals surface area contributed by atoms with E-state index < -0.39 is 35.4 Å². The van der Waals surface area contributed by atoms with Crippen LogP contribution in [0, 0.1) is 68.0 Å². The number of allylic oxidation sites excluding steroid dienone is 10. The van der Waals surface area contributed by atoms with Crippen molar-refractivity contribution in [2.24, 2.45) is 0 Å². The van der Waals surface area contributed by atoms with E-state index in [2.05, 4.69) is 9.47 Å². The number of hydrogen-bond donors (Lipinski definition) is 0. The van der Waals surface area contributed by atoms with Crippen LogP contribution in [0.5, 0.6) is 11.5 Å². The Labute approximate surface area is 243 Å². The summed E-state index contributed by atoms with van der Waals surface area (Å²) in [6.07, 6.45) is -10.0. The van der Waals surface area contributed by atoms with E-state index in [9.17, 15) is 57.9 Å². The molecule has 0 heterocycles. The Kier molecular flexibility index (Phi) is 7.74. The van der Waals surface area contributed by atoms with Crippen LogP contribution in [0.15, 0.2) is 93.1 Å². The fourth-order valence-corrected chi connectivity index (χ4v) is 4.72. The lowest BCUT2D eigenvalue weighted by Gasteiger charge is -2.16. The van der Waals surface area contributed by atoms with Crippen molar-refractivity contribution in [2.75, 3.05) is 0 Å². The Bertz CT molecular complexity index is 1840. The van der Waals surface area contributed by atoms with Crippen molar-refractivity contribution in [2.45, 2.75) is 12.7 Å². The lowest BCUT2D eigenvalue weighted by molar-refractivity contribution is -0.275. The minimum absolute atomic E-state index is 0.0192. The summed E-state index contributed by atoms with van der Waals surface area (Å²) in [7, 11) is 0. The third kappa shape index (κ3) is 5.44. The molecule has 2 aromatic rings. The van der Waals surface area contributed by atoms with E-state index in [4.69, 9.17) is 0 Å². The molecule has 212 valence electrons. The second kappa shape index (κ2) is 11.3. The maximum Gasteiger partial charge on any atom is 0.573 e. The quantitative estimate of drug-likeness (QED) is 0.276. The molecule has 0 radical (unpaired) electrons. The van der Waals surface area contributed by atoms with Crippen LogP contribution in [0.1, 0.15) is 11.1 Å². The van der Waals surface area contributed by atoms with Crippen LogP contribution in [0.25, 0.3) is 11.1 Å². The number of hydrogen-bond acceptors (Lipinski definition) is 8. The Balaban J connectivity index is 2.05. The van der Waals surface area contributed by atoms with Crippen molar-refractivity contribution in [3.05, 3.63) is 104 Å². The average Bonchev–Trinajstić information content (AvgIpc) is 3.46. The minimum atomic E-state index is -5.01. The predicted molar refractivity (Wildman–Crippen MR) is 135 cm³/mol. The molecule has 0 saturated carbocycles. The van der Waals surface area contributed by atoms with E-state index >= 15 is 0 Å². The molecule has 0 unspecified atom stereocenters. The highest BCUT2D eigenvalue weighted by atomic mass is 19.4. The molecule has 2 aliphatic carbocycles. The smallest absolute Gasteiger partial charge is 0.406 e. The number of nitrogens with zero attached hydrogens (tertiary/aromatic N) is 6. The van der Waals surface area contributed by atoms with E-state index in [0.717, 1.165) is 48.5 Å². The van der Waals surface area contributed by atoms with Gasteiger partial charge in [0.05, 0.1) is 11.1 Å². The van der Waals surface area contributed by atoms with Crippen LogP contribution in [0.4, 0.5) is 26.3 Å². The molecular weight excluding hydrogens is 590 g/mol. The summed E-state index contributed by atoms with van der Waals surface area (Å²) in [5.41, 5.74) is -3.11. The summed E-state index contributed by atoms with van der Waals surface area (Å²) < 4.78 is 83.9. The summed E-state index contributed by atoms with van der Waals surface area (Å²) in [5, 5.41) is 59.8. The Morgan fingerprint density at radius 2 is 0.773 bits per heavy atom. The zero-order valence-electron chi connectivity index (χ0n) is 21.4. The predicted octanol–water partition coefficient (Wildman–Crippen LogP) is 6.75. The van der Waals surface area contributed by atoms with Gasteiger partial charge in [-0.25, -0.2) is 0 Å². The van der Waals surface area contributed by atoms with E-state index in [0.29, 0.717) is 0 Å². The maximum absolute atomic E-state index is 12.7. The topological polar surface area (TPSA) is 161 Å². The first kappa shape index (κ1) is 30.2. The Morgan fingerprint density at radius 3 is 1.00 bits per heavy atom. The molecule has 0 bridgehead atoms. The van der Waals surface area contributed by atoms with Gasteiger partial charge >= 0.3 is 12.7 Å². The van der Waals surface area contributed by atoms with Crippen molar-refractivity contribution >= 4 is 11.1 Å². The fourth-order valence-electron chi connectivity index (χ4n) is 4.72. The SMILES string of the molecule is N#CC(C#N)=C1C2=C(C(C#N)=C1c1ccc(OC(F)(F)F)cc1)C(=C(C#N)C#N)C(c1ccc(OC(F)(F)F)cc1)=C2C#N. The van der Waals surface area contributed by atoms with Gasteiger partial charge in [-0.05, 0) is 35.4 Å². The number of alkyl halides is 6. The molecule has 14 heteroatoms. The molecule has 0 aromatic heterocycles.